The van der Waals surface area contributed by atoms with Crippen molar-refractivity contribution in [1.29, 1.82) is 0 Å². The van der Waals surface area contributed by atoms with E-state index < -0.39 is 9.84 Å². The maximum Gasteiger partial charge on any atom is 0.224 e. The second kappa shape index (κ2) is 8.60. The number of fused-ring (bicyclic) bond motifs is 1. The van der Waals surface area contributed by atoms with Crippen LogP contribution in [0.5, 0.6) is 11.5 Å². The molecule has 0 unspecified atom stereocenters. The highest BCUT2D eigenvalue weighted by atomic mass is 32.2. The number of pyridine rings is 1. The highest BCUT2D eigenvalue weighted by molar-refractivity contribution is 7.91. The van der Waals surface area contributed by atoms with E-state index in [1.807, 2.05) is 26.0 Å². The second-order valence-electron chi connectivity index (χ2n) is 6.85. The van der Waals surface area contributed by atoms with Gasteiger partial charge in [0, 0.05) is 37.5 Å². The van der Waals surface area contributed by atoms with Crippen LogP contribution >= 0.6 is 0 Å². The minimum atomic E-state index is -3.62. The number of hydrogen-bond donors (Lipinski definition) is 0. The topological polar surface area (TPSA) is 85.8 Å². The van der Waals surface area contributed by atoms with Crippen molar-refractivity contribution in [1.82, 2.24) is 9.88 Å². The Hall–Kier alpha value is -2.61. The molecule has 3 rings (SSSR count). The van der Waals surface area contributed by atoms with Gasteiger partial charge in [-0.3, -0.25) is 9.78 Å². The fraction of sp³-hybridized carbons (Fsp3) is 0.400. The number of nitrogens with zero attached hydrogens (tertiary/aromatic N) is 2. The van der Waals surface area contributed by atoms with Gasteiger partial charge < -0.3 is 14.4 Å². The van der Waals surface area contributed by atoms with Gasteiger partial charge >= 0.3 is 0 Å². The summed E-state index contributed by atoms with van der Waals surface area (Å²) in [6.45, 7) is 5.03. The summed E-state index contributed by atoms with van der Waals surface area (Å²) >= 11 is 0. The Bertz CT molecular complexity index is 929. The van der Waals surface area contributed by atoms with Crippen LogP contribution in [-0.2, 0) is 21.2 Å². The van der Waals surface area contributed by atoms with E-state index in [0.29, 0.717) is 31.3 Å². The first-order valence-corrected chi connectivity index (χ1v) is 10.8. The van der Waals surface area contributed by atoms with E-state index >= 15 is 0 Å². The van der Waals surface area contributed by atoms with E-state index in [9.17, 15) is 13.2 Å². The Balaban J connectivity index is 1.67. The molecule has 1 aromatic heterocycles. The molecular formula is C20H24N2O5S. The second-order valence-corrected chi connectivity index (χ2v) is 8.96. The highest BCUT2D eigenvalue weighted by Crippen LogP contribution is 2.32. The van der Waals surface area contributed by atoms with E-state index in [1.165, 1.54) is 12.1 Å². The number of ether oxygens (including phenoxy) is 2. The van der Waals surface area contributed by atoms with Gasteiger partial charge in [-0.1, -0.05) is 6.07 Å². The van der Waals surface area contributed by atoms with Crippen LogP contribution in [0.25, 0.3) is 0 Å². The molecule has 1 aliphatic heterocycles. The molecule has 8 heteroatoms. The summed E-state index contributed by atoms with van der Waals surface area (Å²) in [6.07, 6.45) is 3.29. The first-order valence-electron chi connectivity index (χ1n) is 9.17. The van der Waals surface area contributed by atoms with Crippen molar-refractivity contribution in [2.75, 3.05) is 19.0 Å². The number of carbonyl (C=O) groups is 1. The molecule has 28 heavy (non-hydrogen) atoms. The molecule has 0 saturated heterocycles. The van der Waals surface area contributed by atoms with Gasteiger partial charge in [0.15, 0.2) is 21.3 Å². The number of benzene rings is 1. The normalized spacial score (nSPS) is 13.4. The van der Waals surface area contributed by atoms with Gasteiger partial charge in [0.1, 0.15) is 13.2 Å². The SMILES string of the molecule is CC(C)N(Cc1cccnc1)C(=O)CCS(=O)(=O)c1ccc2c(c1)OCCO2. The number of sulfone groups is 1. The van der Waals surface area contributed by atoms with Crippen molar-refractivity contribution < 1.29 is 22.7 Å². The lowest BCUT2D eigenvalue weighted by molar-refractivity contribution is -0.133. The predicted molar refractivity (Wildman–Crippen MR) is 104 cm³/mol. The lowest BCUT2D eigenvalue weighted by Crippen LogP contribution is -2.37. The van der Waals surface area contributed by atoms with Gasteiger partial charge in [-0.25, -0.2) is 8.42 Å². The molecule has 0 spiro atoms. The maximum absolute atomic E-state index is 12.7. The molecule has 0 bridgehead atoms. The molecule has 0 aliphatic carbocycles. The van der Waals surface area contributed by atoms with E-state index in [1.54, 1.807) is 23.4 Å². The van der Waals surface area contributed by atoms with Crippen LogP contribution in [0.15, 0.2) is 47.6 Å². The molecule has 7 nitrogen and oxygen atoms in total. The molecule has 1 aromatic carbocycles. The Morgan fingerprint density at radius 2 is 1.93 bits per heavy atom. The molecule has 150 valence electrons. The van der Waals surface area contributed by atoms with Crippen LogP contribution in [0.2, 0.25) is 0 Å². The van der Waals surface area contributed by atoms with Crippen molar-refractivity contribution in [3.05, 3.63) is 48.3 Å². The third-order valence-corrected chi connectivity index (χ3v) is 6.19. The largest absolute Gasteiger partial charge is 0.486 e. The van der Waals surface area contributed by atoms with Gasteiger partial charge in [0.25, 0.3) is 0 Å². The van der Waals surface area contributed by atoms with E-state index in [4.69, 9.17) is 9.47 Å². The number of hydrogen-bond acceptors (Lipinski definition) is 6. The third-order valence-electron chi connectivity index (χ3n) is 4.48. The number of carbonyl (C=O) groups excluding carboxylic acids is 1. The van der Waals surface area contributed by atoms with Crippen LogP contribution in [0.4, 0.5) is 0 Å². The predicted octanol–water partition coefficient (Wildman–Crippen LogP) is 2.45. The minimum Gasteiger partial charge on any atom is -0.486 e. The van der Waals surface area contributed by atoms with Gasteiger partial charge in [-0.2, -0.15) is 0 Å². The van der Waals surface area contributed by atoms with Gasteiger partial charge in [0.2, 0.25) is 5.91 Å². The number of amides is 1. The van der Waals surface area contributed by atoms with Crippen LogP contribution in [-0.4, -0.2) is 49.2 Å². The quantitative estimate of drug-likeness (QED) is 0.705. The molecular weight excluding hydrogens is 380 g/mol. The summed E-state index contributed by atoms with van der Waals surface area (Å²) in [6, 6.07) is 8.19. The smallest absolute Gasteiger partial charge is 0.224 e. The molecule has 1 aliphatic rings. The van der Waals surface area contributed by atoms with Gasteiger partial charge in [-0.05, 0) is 37.6 Å². The fourth-order valence-electron chi connectivity index (χ4n) is 2.95. The lowest BCUT2D eigenvalue weighted by atomic mass is 10.2. The van der Waals surface area contributed by atoms with Crippen molar-refractivity contribution in [3.63, 3.8) is 0 Å². The lowest BCUT2D eigenvalue weighted by Gasteiger charge is -2.27. The average molecular weight is 404 g/mol. The fourth-order valence-corrected chi connectivity index (χ4v) is 4.19. The molecule has 0 radical (unpaired) electrons. The van der Waals surface area contributed by atoms with E-state index in [-0.39, 0.29) is 29.0 Å². The third kappa shape index (κ3) is 4.81. The van der Waals surface area contributed by atoms with Crippen molar-refractivity contribution in [2.45, 2.75) is 37.8 Å². The van der Waals surface area contributed by atoms with E-state index in [0.717, 1.165) is 5.56 Å². The molecule has 1 amide bonds. The Labute approximate surface area is 165 Å². The monoisotopic (exact) mass is 404 g/mol. The van der Waals surface area contributed by atoms with Crippen LogP contribution < -0.4 is 9.47 Å². The van der Waals surface area contributed by atoms with Crippen LogP contribution in [0.1, 0.15) is 25.8 Å². The first-order chi connectivity index (χ1) is 13.4. The molecule has 0 fully saturated rings. The molecule has 2 aromatic rings. The van der Waals surface area contributed by atoms with Gasteiger partial charge in [0.05, 0.1) is 10.6 Å². The zero-order valence-electron chi connectivity index (χ0n) is 16.0. The zero-order chi connectivity index (χ0) is 20.1. The summed E-state index contributed by atoms with van der Waals surface area (Å²) in [7, 11) is -3.62. The molecule has 0 N–H and O–H groups in total. The molecule has 2 heterocycles. The highest BCUT2D eigenvalue weighted by Gasteiger charge is 2.23. The van der Waals surface area contributed by atoms with Crippen molar-refractivity contribution in [3.8, 4) is 11.5 Å². The summed E-state index contributed by atoms with van der Waals surface area (Å²) < 4.78 is 36.3. The molecule has 0 atom stereocenters. The Morgan fingerprint density at radius 1 is 1.18 bits per heavy atom. The zero-order valence-corrected chi connectivity index (χ0v) is 16.8. The van der Waals surface area contributed by atoms with Gasteiger partial charge in [-0.15, -0.1) is 0 Å². The van der Waals surface area contributed by atoms with Crippen molar-refractivity contribution in [2.24, 2.45) is 0 Å². The number of rotatable bonds is 7. The van der Waals surface area contributed by atoms with Crippen LogP contribution in [0, 0.1) is 0 Å². The van der Waals surface area contributed by atoms with Crippen molar-refractivity contribution >= 4 is 15.7 Å². The maximum atomic E-state index is 12.7. The summed E-state index contributed by atoms with van der Waals surface area (Å²) in [5, 5.41) is 0. The first kappa shape index (κ1) is 20.1. The standard InChI is InChI=1S/C20H24N2O5S/c1-15(2)22(14-16-4-3-8-21-13-16)20(23)7-11-28(24,25)17-5-6-18-19(12-17)27-10-9-26-18/h3-6,8,12-13,15H,7,9-11,14H2,1-2H3. The number of aromatic nitrogens is 1. The molecule has 0 saturated carbocycles. The van der Waals surface area contributed by atoms with Crippen LogP contribution in [0.3, 0.4) is 0 Å². The summed E-state index contributed by atoms with van der Waals surface area (Å²) in [5.41, 5.74) is 0.902. The van der Waals surface area contributed by atoms with E-state index in [2.05, 4.69) is 4.98 Å². The Kier molecular flexibility index (Phi) is 6.18. The minimum absolute atomic E-state index is 0.0512. The Morgan fingerprint density at radius 3 is 2.61 bits per heavy atom. The average Bonchev–Trinajstić information content (AvgIpc) is 2.70. The summed E-state index contributed by atoms with van der Waals surface area (Å²) in [5.74, 6) is 0.476. The summed E-state index contributed by atoms with van der Waals surface area (Å²) in [4.78, 5) is 18.6.